The number of allylic oxidation sites excluding steroid dienone is 1. The molecule has 0 amide bonds. The Morgan fingerprint density at radius 3 is 2.31 bits per heavy atom. The van der Waals surface area contributed by atoms with Crippen LogP contribution < -0.4 is 0 Å². The molecule has 0 aromatic heterocycles. The van der Waals surface area contributed by atoms with Crippen LogP contribution in [0.3, 0.4) is 0 Å². The van der Waals surface area contributed by atoms with Gasteiger partial charge < -0.3 is 0 Å². The maximum absolute atomic E-state index is 13.5. The van der Waals surface area contributed by atoms with E-state index in [2.05, 4.69) is 0 Å². The van der Waals surface area contributed by atoms with Gasteiger partial charge in [0.2, 0.25) is 0 Å². The number of ketones is 1. The molecule has 2 aromatic rings. The lowest BCUT2D eigenvalue weighted by Gasteiger charge is -2.18. The molecule has 1 nitrogen and oxygen atoms in total. The Bertz CT molecular complexity index is 880. The minimum atomic E-state index is -4.60. The quantitative estimate of drug-likeness (QED) is 0.416. The number of carbonyl (C=O) groups is 1. The monoisotopic (exact) mass is 402 g/mol. The van der Waals surface area contributed by atoms with Gasteiger partial charge in [-0.2, -0.15) is 13.2 Å². The van der Waals surface area contributed by atoms with Crippen LogP contribution in [0, 0.1) is 5.82 Å². The highest BCUT2D eigenvalue weighted by Gasteiger charge is 2.39. The fourth-order valence-corrected chi connectivity index (χ4v) is 3.45. The van der Waals surface area contributed by atoms with Crippen LogP contribution in [0.25, 0.3) is 6.08 Å². The molecule has 1 aliphatic rings. The van der Waals surface area contributed by atoms with E-state index in [-0.39, 0.29) is 11.3 Å². The van der Waals surface area contributed by atoms with Crippen molar-refractivity contribution in [1.82, 2.24) is 0 Å². The van der Waals surface area contributed by atoms with Gasteiger partial charge in [0.15, 0.2) is 11.6 Å². The first-order chi connectivity index (χ1) is 12.2. The zero-order valence-corrected chi connectivity index (χ0v) is 14.7. The smallest absolute Gasteiger partial charge is 0.294 e. The van der Waals surface area contributed by atoms with E-state index in [1.54, 1.807) is 18.2 Å². The molecular weight excluding hydrogens is 391 g/mol. The van der Waals surface area contributed by atoms with Gasteiger partial charge in [0.05, 0.1) is 16.0 Å². The lowest BCUT2D eigenvalue weighted by Crippen LogP contribution is -2.19. The van der Waals surface area contributed by atoms with E-state index >= 15 is 0 Å². The highest BCUT2D eigenvalue weighted by Crippen LogP contribution is 2.39. The molecule has 1 aliphatic carbocycles. The first-order valence-corrected chi connectivity index (χ1v) is 8.48. The van der Waals surface area contributed by atoms with E-state index in [0.29, 0.717) is 24.0 Å². The van der Waals surface area contributed by atoms with Crippen LogP contribution in [0.15, 0.2) is 36.4 Å². The van der Waals surface area contributed by atoms with Crippen molar-refractivity contribution in [2.45, 2.75) is 24.9 Å². The topological polar surface area (TPSA) is 17.1 Å². The average Bonchev–Trinajstić information content (AvgIpc) is 2.92. The molecule has 1 atom stereocenters. The second kappa shape index (κ2) is 7.05. The minimum Gasteiger partial charge on any atom is -0.294 e. The molecule has 2 aromatic carbocycles. The normalized spacial score (nSPS) is 15.5. The van der Waals surface area contributed by atoms with E-state index in [4.69, 9.17) is 23.2 Å². The number of benzene rings is 2. The van der Waals surface area contributed by atoms with Crippen molar-refractivity contribution >= 4 is 35.1 Å². The second-order valence-electron chi connectivity index (χ2n) is 6.02. The zero-order chi connectivity index (χ0) is 19.1. The number of rotatable bonds is 3. The fourth-order valence-electron chi connectivity index (χ4n) is 2.95. The van der Waals surface area contributed by atoms with Crippen molar-refractivity contribution in [1.29, 1.82) is 0 Å². The summed E-state index contributed by atoms with van der Waals surface area (Å²) in [4.78, 5) is 11.6. The van der Waals surface area contributed by atoms with Gasteiger partial charge in [-0.25, -0.2) is 4.39 Å². The van der Waals surface area contributed by atoms with Crippen LogP contribution in [0.2, 0.25) is 10.0 Å². The molecule has 136 valence electrons. The molecule has 0 saturated heterocycles. The standard InChI is InChI=1S/C19H12Cl2F4O/c20-15-8-12(9-16(21)18(15)22)14(19(23,24)25)5-2-10-1-4-13-11(7-10)3-6-17(13)26/h1-2,4-5,7-9,14H,3,6H2. The molecule has 26 heavy (non-hydrogen) atoms. The summed E-state index contributed by atoms with van der Waals surface area (Å²) in [5.41, 5.74) is 1.74. The fraction of sp³-hybridized carbons (Fsp3) is 0.211. The third kappa shape index (κ3) is 3.79. The Labute approximate surface area is 157 Å². The van der Waals surface area contributed by atoms with E-state index in [1.807, 2.05) is 0 Å². The van der Waals surface area contributed by atoms with Gasteiger partial charge in [0.1, 0.15) is 0 Å². The average molecular weight is 403 g/mol. The molecule has 0 heterocycles. The SMILES string of the molecule is O=C1CCc2cc(C=CC(c3cc(Cl)c(F)c(Cl)c3)C(F)(F)F)ccc21. The van der Waals surface area contributed by atoms with E-state index < -0.39 is 28.0 Å². The van der Waals surface area contributed by atoms with Crippen LogP contribution in [-0.4, -0.2) is 12.0 Å². The number of fused-ring (bicyclic) bond motifs is 1. The summed E-state index contributed by atoms with van der Waals surface area (Å²) in [5.74, 6) is -2.91. The van der Waals surface area contributed by atoms with Crippen LogP contribution in [0.1, 0.15) is 39.4 Å². The maximum atomic E-state index is 13.5. The number of halogens is 6. The Morgan fingerprint density at radius 2 is 1.69 bits per heavy atom. The number of Topliss-reactive ketones (excluding diaryl/α,β-unsaturated/α-hetero) is 1. The summed E-state index contributed by atoms with van der Waals surface area (Å²) in [6.07, 6.45) is -1.31. The van der Waals surface area contributed by atoms with Crippen LogP contribution >= 0.6 is 23.2 Å². The van der Waals surface area contributed by atoms with Gasteiger partial charge >= 0.3 is 6.18 Å². The number of aryl methyl sites for hydroxylation is 1. The summed E-state index contributed by atoms with van der Waals surface area (Å²) < 4.78 is 53.9. The molecule has 0 bridgehead atoms. The first kappa shape index (κ1) is 18.9. The lowest BCUT2D eigenvalue weighted by molar-refractivity contribution is -0.139. The van der Waals surface area contributed by atoms with Gasteiger partial charge in [-0.05, 0) is 35.2 Å². The van der Waals surface area contributed by atoms with Gasteiger partial charge in [-0.15, -0.1) is 0 Å². The van der Waals surface area contributed by atoms with Gasteiger partial charge in [0.25, 0.3) is 0 Å². The summed E-state index contributed by atoms with van der Waals surface area (Å²) in [5, 5.41) is -0.933. The highest BCUT2D eigenvalue weighted by molar-refractivity contribution is 6.35. The third-order valence-electron chi connectivity index (χ3n) is 4.25. The molecule has 0 radical (unpaired) electrons. The highest BCUT2D eigenvalue weighted by atomic mass is 35.5. The summed E-state index contributed by atoms with van der Waals surface area (Å²) >= 11 is 11.3. The summed E-state index contributed by atoms with van der Waals surface area (Å²) in [6.45, 7) is 0. The van der Waals surface area contributed by atoms with Crippen molar-refractivity contribution in [3.63, 3.8) is 0 Å². The Balaban J connectivity index is 1.95. The van der Waals surface area contributed by atoms with Crippen LogP contribution in [0.5, 0.6) is 0 Å². The number of alkyl halides is 3. The van der Waals surface area contributed by atoms with Crippen molar-refractivity contribution in [2.75, 3.05) is 0 Å². The predicted molar refractivity (Wildman–Crippen MR) is 93.3 cm³/mol. The lowest BCUT2D eigenvalue weighted by atomic mass is 9.96. The van der Waals surface area contributed by atoms with Gasteiger partial charge in [-0.1, -0.05) is 53.6 Å². The summed E-state index contributed by atoms with van der Waals surface area (Å²) in [7, 11) is 0. The Morgan fingerprint density at radius 1 is 1.04 bits per heavy atom. The third-order valence-corrected chi connectivity index (χ3v) is 4.80. The van der Waals surface area contributed by atoms with Gasteiger partial charge in [-0.3, -0.25) is 4.79 Å². The second-order valence-corrected chi connectivity index (χ2v) is 6.83. The van der Waals surface area contributed by atoms with Crippen LogP contribution in [0.4, 0.5) is 17.6 Å². The van der Waals surface area contributed by atoms with Crippen molar-refractivity contribution < 1.29 is 22.4 Å². The van der Waals surface area contributed by atoms with Crippen molar-refractivity contribution in [2.24, 2.45) is 0 Å². The van der Waals surface area contributed by atoms with Crippen LogP contribution in [-0.2, 0) is 6.42 Å². The first-order valence-electron chi connectivity index (χ1n) is 7.72. The molecule has 3 rings (SSSR count). The zero-order valence-electron chi connectivity index (χ0n) is 13.2. The minimum absolute atomic E-state index is 0.0410. The largest absolute Gasteiger partial charge is 0.399 e. The molecule has 0 fully saturated rings. The maximum Gasteiger partial charge on any atom is 0.399 e. The van der Waals surface area contributed by atoms with Gasteiger partial charge in [0, 0.05) is 12.0 Å². The molecule has 0 N–H and O–H groups in total. The van der Waals surface area contributed by atoms with E-state index in [0.717, 1.165) is 23.8 Å². The Hall–Kier alpha value is -1.85. The molecule has 0 saturated carbocycles. The Kier molecular flexibility index (Phi) is 5.13. The summed E-state index contributed by atoms with van der Waals surface area (Å²) in [6, 6.07) is 6.77. The number of hydrogen-bond donors (Lipinski definition) is 0. The predicted octanol–water partition coefficient (Wildman–Crippen LogP) is 6.62. The number of carbonyl (C=O) groups excluding carboxylic acids is 1. The molecule has 7 heteroatoms. The molecular formula is C19H12Cl2F4O. The van der Waals surface area contributed by atoms with E-state index in [1.165, 1.54) is 6.08 Å². The van der Waals surface area contributed by atoms with E-state index in [9.17, 15) is 22.4 Å². The molecule has 0 aliphatic heterocycles. The molecule has 0 spiro atoms. The van der Waals surface area contributed by atoms with Crippen molar-refractivity contribution in [3.8, 4) is 0 Å². The van der Waals surface area contributed by atoms with Crippen molar-refractivity contribution in [3.05, 3.63) is 74.5 Å². The number of hydrogen-bond acceptors (Lipinski definition) is 1. The molecule has 1 unspecified atom stereocenters.